The summed E-state index contributed by atoms with van der Waals surface area (Å²) in [7, 11) is 0. The van der Waals surface area contributed by atoms with Crippen LogP contribution in [0.1, 0.15) is 478 Å². The largest absolute Gasteiger partial charge is 0.380 e. The minimum atomic E-state index is 0.674. The maximum absolute atomic E-state index is 5.33. The van der Waals surface area contributed by atoms with Gasteiger partial charge in [-0.2, -0.15) is 0 Å². The standard InChI is InChI=1S/C12H23N.C12H17N.C11H22N2.C9H19N.C8H16N2.C8H18N2.C8H17NO.C8H17N.C7H16N2.C7H15NO.C7H15N.C6H13N.12C2H6/c2*1-10(2)13-8-7-11-5-3-4-6-12(11)9-13;1-10(2)13-8-7-12-6-4-3-5-11(12)9-13;1-9(2)10-7-5-3-4-6-8-10;1-6(2)10-5-7-3-8(10)4-9-7;1-8(2)10-6-3-4-9-5-7-10;1-8(2)9-4-3-6-10-7-5-9;1-8(2)9-6-4-3-5-7-9;1-7(2)9-5-3-8-4-6-9;1-7(2)8-3-5-9-6-4-8;1-7(2)8-5-3-4-6-8;1-6(2)7-4-3-5-7;12*1-2/h10-12H,3-9H2,1-2H3;3-6,10H,7-9H2,1-2H3;10-11H,3-9H2,1-2H3;9H,3-8H2,1-2H3;6-9H,3-5H2,1-2H3;8-9H,3-7H2,1-2H3;8H,3-7H2,1-2H3;8H,3-7H2,1-2H3;7-8H,3-6H2,1-2H3;7H,3-6H2,1-2H3;7H,3-6H2,1-2H3;6H,3-5H2,1-2H3;12*1-2H3. The summed E-state index contributed by atoms with van der Waals surface area (Å²) in [6, 6.07) is 20.2. The monoisotopic (exact) mass is 2060 g/mol. The average molecular weight is 2060 g/mol. The molecule has 0 spiro atoms. The topological polar surface area (TPSA) is 96.7 Å². The Hall–Kier alpha value is -1.50. The van der Waals surface area contributed by atoms with Crippen molar-refractivity contribution in [2.45, 2.75) is 571 Å². The zero-order valence-electron chi connectivity index (χ0n) is 109. The van der Waals surface area contributed by atoms with E-state index in [0.29, 0.717) is 18.1 Å². The minimum absolute atomic E-state index is 0.674. The van der Waals surface area contributed by atoms with Gasteiger partial charge in [-0.25, -0.2) is 0 Å². The van der Waals surface area contributed by atoms with Crippen LogP contribution in [-0.4, -0.2) is 371 Å². The molecule has 15 aliphatic rings. The molecule has 13 saturated heterocycles. The van der Waals surface area contributed by atoms with Gasteiger partial charge in [0.25, 0.3) is 0 Å². The van der Waals surface area contributed by atoms with Crippen LogP contribution in [-0.2, 0) is 22.4 Å². The van der Waals surface area contributed by atoms with Gasteiger partial charge >= 0.3 is 0 Å². The molecule has 14 heterocycles. The van der Waals surface area contributed by atoms with E-state index >= 15 is 0 Å². The SMILES string of the molecule is CC.CC.CC.CC.CC.CC.CC.CC.CC.CC.CC.CC.CC(C)N1CC2CC1CN2.CC(C)N1CCC1.CC(C)N1CCC2CCCCC2C1.CC(C)N1CCCC1.CC(C)N1CCCCC1.CC(C)N1CCCCCC1.CC(C)N1CCCNCC1.CC(C)N1CCCOCC1.CC(C)N1CCN2CCCCC2C1.CC(C)N1CCNCC1.CC(C)N1CCOCC1.CC(C)N1CCc2ccccc2C1. The number of ether oxygens (including phenoxy) is 2. The molecule has 0 amide bonds. The van der Waals surface area contributed by atoms with Gasteiger partial charge in [-0.1, -0.05) is 235 Å². The smallest absolute Gasteiger partial charge is 0.0594 e. The van der Waals surface area contributed by atoms with Crippen LogP contribution in [0.25, 0.3) is 0 Å². The van der Waals surface area contributed by atoms with Crippen molar-refractivity contribution in [1.82, 2.24) is 79.6 Å². The molecule has 145 heavy (non-hydrogen) atoms. The molecular formula is C127H280N16O2. The molecule has 880 valence electrons. The molecule has 5 unspecified atom stereocenters. The number of nitrogens with one attached hydrogen (secondary N) is 3. The fourth-order valence-corrected chi connectivity index (χ4v) is 20.0. The van der Waals surface area contributed by atoms with Crippen molar-refractivity contribution in [3.05, 3.63) is 35.4 Å². The molecule has 0 aromatic heterocycles. The molecule has 0 radical (unpaired) electrons. The number of hydrogen-bond donors (Lipinski definition) is 3. The Bertz CT molecular complexity index is 2420. The van der Waals surface area contributed by atoms with E-state index in [1.807, 2.05) is 166 Å². The number of nitrogens with zero attached hydrogens (tertiary/aromatic N) is 13. The molecule has 1 aliphatic carbocycles. The maximum Gasteiger partial charge on any atom is 0.0594 e. The summed E-state index contributed by atoms with van der Waals surface area (Å²) >= 11 is 0. The first kappa shape index (κ1) is 159. The molecule has 1 saturated carbocycles. The van der Waals surface area contributed by atoms with Crippen LogP contribution in [0.5, 0.6) is 0 Å². The van der Waals surface area contributed by atoms with Crippen LogP contribution in [0.3, 0.4) is 0 Å². The van der Waals surface area contributed by atoms with Crippen molar-refractivity contribution in [3.63, 3.8) is 0 Å². The van der Waals surface area contributed by atoms with Gasteiger partial charge in [0.15, 0.2) is 0 Å². The zero-order valence-corrected chi connectivity index (χ0v) is 109. The summed E-state index contributed by atoms with van der Waals surface area (Å²) in [5.74, 6) is 2.13. The Labute approximate surface area is 917 Å². The number of benzene rings is 1. The van der Waals surface area contributed by atoms with Gasteiger partial charge in [0.1, 0.15) is 0 Å². The van der Waals surface area contributed by atoms with E-state index in [-0.39, 0.29) is 0 Å². The van der Waals surface area contributed by atoms with Crippen molar-refractivity contribution in [2.75, 3.05) is 216 Å². The van der Waals surface area contributed by atoms with Crippen molar-refractivity contribution in [1.29, 1.82) is 0 Å². The third-order valence-corrected chi connectivity index (χ3v) is 29.0. The number of likely N-dealkylation sites (tertiary alicyclic amines) is 6. The fraction of sp³-hybridized carbons (Fsp3) is 0.953. The summed E-state index contributed by atoms with van der Waals surface area (Å²) in [5, 5.41) is 10.2. The van der Waals surface area contributed by atoms with Crippen molar-refractivity contribution >= 4 is 0 Å². The number of fused-ring (bicyclic) bond motifs is 5. The van der Waals surface area contributed by atoms with Gasteiger partial charge in [-0.15, -0.1) is 0 Å². The van der Waals surface area contributed by atoms with E-state index in [0.717, 1.165) is 157 Å². The number of rotatable bonds is 12. The molecule has 14 aliphatic heterocycles. The number of piperidine rings is 3. The Kier molecular flexibility index (Phi) is 123. The second-order valence-electron chi connectivity index (χ2n) is 41.8. The quantitative estimate of drug-likeness (QED) is 0.185. The maximum atomic E-state index is 5.33. The Balaban J connectivity index is -0.000000231. The molecule has 2 bridgehead atoms. The first-order valence-corrected chi connectivity index (χ1v) is 64.0. The summed E-state index contributed by atoms with van der Waals surface area (Å²) in [5.41, 5.74) is 3.06. The van der Waals surface area contributed by atoms with Gasteiger partial charge in [0.05, 0.1) is 19.8 Å². The second kappa shape index (κ2) is 112. The number of morpholine rings is 1. The van der Waals surface area contributed by atoms with E-state index in [4.69, 9.17) is 9.47 Å². The van der Waals surface area contributed by atoms with Crippen LogP contribution in [0.4, 0.5) is 0 Å². The fourth-order valence-electron chi connectivity index (χ4n) is 20.0. The second-order valence-corrected chi connectivity index (χ2v) is 41.8. The molecule has 3 N–H and O–H groups in total. The normalized spacial score (nSPS) is 22.4. The lowest BCUT2D eigenvalue weighted by molar-refractivity contribution is 0.0238. The summed E-state index contributed by atoms with van der Waals surface area (Å²) in [6.07, 6.45) is 31.2. The molecule has 18 nitrogen and oxygen atoms in total. The van der Waals surface area contributed by atoms with Crippen molar-refractivity contribution in [2.24, 2.45) is 11.8 Å². The first-order valence-electron chi connectivity index (χ1n) is 64.0. The van der Waals surface area contributed by atoms with Crippen LogP contribution < -0.4 is 16.0 Å². The van der Waals surface area contributed by atoms with Gasteiger partial charge in [-0.05, 0) is 364 Å². The van der Waals surface area contributed by atoms with Gasteiger partial charge < -0.3 is 49.9 Å². The Morgan fingerprint density at radius 2 is 0.559 bits per heavy atom. The molecule has 16 rings (SSSR count). The van der Waals surface area contributed by atoms with E-state index in [1.165, 1.54) is 297 Å². The van der Waals surface area contributed by atoms with Crippen molar-refractivity contribution < 1.29 is 9.47 Å². The van der Waals surface area contributed by atoms with Gasteiger partial charge in [-0.3, -0.25) is 39.2 Å². The third-order valence-electron chi connectivity index (χ3n) is 29.0. The summed E-state index contributed by atoms with van der Waals surface area (Å²) in [6.45, 7) is 144. The zero-order chi connectivity index (χ0) is 112. The lowest BCUT2D eigenvalue weighted by Crippen LogP contribution is -2.56. The summed E-state index contributed by atoms with van der Waals surface area (Å²) < 4.78 is 10.5. The van der Waals surface area contributed by atoms with Gasteiger partial charge in [0.2, 0.25) is 0 Å². The molecular weight excluding hydrogens is 1780 g/mol. The Morgan fingerprint density at radius 3 is 0.938 bits per heavy atom. The highest BCUT2D eigenvalue weighted by Crippen LogP contribution is 2.37. The van der Waals surface area contributed by atoms with Crippen molar-refractivity contribution in [3.8, 4) is 0 Å². The van der Waals surface area contributed by atoms with Gasteiger partial charge in [0, 0.05) is 215 Å². The third kappa shape index (κ3) is 80.0. The highest BCUT2D eigenvalue weighted by Gasteiger charge is 2.39. The average Bonchev–Trinajstić information content (AvgIpc) is 1.67. The molecule has 14 fully saturated rings. The Morgan fingerprint density at radius 1 is 0.234 bits per heavy atom. The van der Waals surface area contributed by atoms with E-state index < -0.39 is 0 Å². The highest BCUT2D eigenvalue weighted by atomic mass is 16.5. The van der Waals surface area contributed by atoms with Crippen LogP contribution in [0.2, 0.25) is 0 Å². The predicted octanol–water partition coefficient (Wildman–Crippen LogP) is 29.3. The lowest BCUT2D eigenvalue weighted by Gasteiger charge is -2.45. The summed E-state index contributed by atoms with van der Waals surface area (Å²) in [4.78, 5) is 33.2. The molecule has 18 heteroatoms. The van der Waals surface area contributed by atoms with Crippen LogP contribution >= 0.6 is 0 Å². The van der Waals surface area contributed by atoms with E-state index in [9.17, 15) is 0 Å². The van der Waals surface area contributed by atoms with E-state index in [1.54, 1.807) is 5.56 Å². The first-order chi connectivity index (χ1) is 70.0. The molecule has 5 atom stereocenters. The number of hydrogen-bond acceptors (Lipinski definition) is 18. The van der Waals surface area contributed by atoms with Crippen LogP contribution in [0, 0.1) is 11.8 Å². The molecule has 1 aromatic carbocycles. The predicted molar refractivity (Wildman–Crippen MR) is 663 cm³/mol. The number of piperazine rings is 3. The molecule has 1 aromatic rings. The highest BCUT2D eigenvalue weighted by molar-refractivity contribution is 5.29. The van der Waals surface area contributed by atoms with E-state index in [2.05, 4.69) is 270 Å². The minimum Gasteiger partial charge on any atom is -0.380 e. The lowest BCUT2D eigenvalue weighted by atomic mass is 9.75. The van der Waals surface area contributed by atoms with Crippen LogP contribution in [0.15, 0.2) is 24.3 Å².